The van der Waals surface area contributed by atoms with Crippen LogP contribution in [0.2, 0.25) is 0 Å². The molecule has 1 heterocycles. The lowest BCUT2D eigenvalue weighted by Crippen LogP contribution is -2.29. The molecule has 1 aromatic heterocycles. The molecule has 0 spiro atoms. The van der Waals surface area contributed by atoms with Gasteiger partial charge in [0.1, 0.15) is 5.82 Å². The molecule has 2 aromatic carbocycles. The second-order valence-electron chi connectivity index (χ2n) is 4.14. The van der Waals surface area contributed by atoms with Gasteiger partial charge in [-0.3, -0.25) is 4.79 Å². The molecule has 0 bridgehead atoms. The van der Waals surface area contributed by atoms with E-state index in [0.29, 0.717) is 16.5 Å². The molecule has 0 aliphatic carbocycles. The molecule has 4 nitrogen and oxygen atoms in total. The summed E-state index contributed by atoms with van der Waals surface area (Å²) in [6.07, 6.45) is 0. The highest BCUT2D eigenvalue weighted by molar-refractivity contribution is 5.79. The zero-order valence-corrected chi connectivity index (χ0v) is 9.88. The quantitative estimate of drug-likeness (QED) is 0.676. The van der Waals surface area contributed by atoms with E-state index < -0.39 is 5.82 Å². The van der Waals surface area contributed by atoms with Gasteiger partial charge < -0.3 is 5.84 Å². The van der Waals surface area contributed by atoms with E-state index in [2.05, 4.69) is 4.98 Å². The monoisotopic (exact) mass is 255 g/mol. The molecule has 0 amide bonds. The van der Waals surface area contributed by atoms with Crippen LogP contribution in [0.4, 0.5) is 4.39 Å². The van der Waals surface area contributed by atoms with Crippen LogP contribution in [0.3, 0.4) is 0 Å². The van der Waals surface area contributed by atoms with E-state index in [4.69, 9.17) is 5.84 Å². The van der Waals surface area contributed by atoms with Crippen molar-refractivity contribution in [3.05, 3.63) is 64.7 Å². The van der Waals surface area contributed by atoms with Gasteiger partial charge in [0.2, 0.25) is 0 Å². The van der Waals surface area contributed by atoms with Crippen molar-refractivity contribution in [2.45, 2.75) is 0 Å². The summed E-state index contributed by atoms with van der Waals surface area (Å²) in [7, 11) is 0. The minimum atomic E-state index is -0.403. The SMILES string of the molecule is Nn1c(-c2cccc(F)c2)nc2ccccc2c1=O. The van der Waals surface area contributed by atoms with Crippen LogP contribution in [-0.4, -0.2) is 9.66 Å². The first-order valence-corrected chi connectivity index (χ1v) is 5.69. The smallest absolute Gasteiger partial charge is 0.280 e. The minimum absolute atomic E-state index is 0.239. The van der Waals surface area contributed by atoms with Gasteiger partial charge in [-0.15, -0.1) is 0 Å². The zero-order chi connectivity index (χ0) is 13.4. The largest absolute Gasteiger partial charge is 0.334 e. The molecule has 19 heavy (non-hydrogen) atoms. The van der Waals surface area contributed by atoms with Crippen molar-refractivity contribution in [1.82, 2.24) is 9.66 Å². The molecule has 0 radical (unpaired) electrons. The number of para-hydroxylation sites is 1. The predicted molar refractivity (Wildman–Crippen MR) is 71.5 cm³/mol. The lowest BCUT2D eigenvalue weighted by atomic mass is 10.2. The summed E-state index contributed by atoms with van der Waals surface area (Å²) in [4.78, 5) is 16.4. The third kappa shape index (κ3) is 1.85. The molecule has 0 saturated heterocycles. The first-order valence-electron chi connectivity index (χ1n) is 5.69. The first kappa shape index (κ1) is 11.4. The van der Waals surface area contributed by atoms with Crippen LogP contribution >= 0.6 is 0 Å². The van der Waals surface area contributed by atoms with Gasteiger partial charge in [0.15, 0.2) is 5.82 Å². The van der Waals surface area contributed by atoms with Crippen molar-refractivity contribution in [3.8, 4) is 11.4 Å². The molecule has 94 valence electrons. The summed E-state index contributed by atoms with van der Waals surface area (Å²) in [6, 6.07) is 12.7. The summed E-state index contributed by atoms with van der Waals surface area (Å²) in [5.41, 5.74) is 0.642. The Morgan fingerprint density at radius 2 is 1.89 bits per heavy atom. The number of rotatable bonds is 1. The molecule has 2 N–H and O–H groups in total. The van der Waals surface area contributed by atoms with E-state index in [0.717, 1.165) is 4.68 Å². The molecule has 0 fully saturated rings. The number of fused-ring (bicyclic) bond motifs is 1. The molecular formula is C14H10FN3O. The lowest BCUT2D eigenvalue weighted by molar-refractivity contribution is 0.628. The number of nitrogens with zero attached hydrogens (tertiary/aromatic N) is 2. The van der Waals surface area contributed by atoms with Crippen LogP contribution in [0.1, 0.15) is 0 Å². The predicted octanol–water partition coefficient (Wildman–Crippen LogP) is 1.92. The maximum Gasteiger partial charge on any atom is 0.280 e. The standard InChI is InChI=1S/C14H10FN3O/c15-10-5-3-4-9(8-10)13-17-12-7-2-1-6-11(12)14(19)18(13)16/h1-8H,16H2. The molecule has 3 rings (SSSR count). The molecule has 5 heteroatoms. The van der Waals surface area contributed by atoms with Gasteiger partial charge in [0.25, 0.3) is 5.56 Å². The van der Waals surface area contributed by atoms with Crippen molar-refractivity contribution >= 4 is 10.9 Å². The van der Waals surface area contributed by atoms with Crippen molar-refractivity contribution in [1.29, 1.82) is 0 Å². The lowest BCUT2D eigenvalue weighted by Gasteiger charge is -2.08. The third-order valence-electron chi connectivity index (χ3n) is 2.89. The Kier molecular flexibility index (Phi) is 2.52. The van der Waals surface area contributed by atoms with Crippen LogP contribution in [-0.2, 0) is 0 Å². The molecule has 0 unspecified atom stereocenters. The summed E-state index contributed by atoms with van der Waals surface area (Å²) < 4.78 is 14.2. The summed E-state index contributed by atoms with van der Waals surface area (Å²) in [5.74, 6) is 5.59. The van der Waals surface area contributed by atoms with E-state index >= 15 is 0 Å². The van der Waals surface area contributed by atoms with E-state index in [9.17, 15) is 9.18 Å². The normalized spacial score (nSPS) is 10.8. The highest BCUT2D eigenvalue weighted by Gasteiger charge is 2.10. The first-order chi connectivity index (χ1) is 9.16. The van der Waals surface area contributed by atoms with Crippen molar-refractivity contribution in [2.75, 3.05) is 5.84 Å². The number of benzene rings is 2. The number of halogens is 1. The maximum atomic E-state index is 13.2. The van der Waals surface area contributed by atoms with Crippen LogP contribution in [0.25, 0.3) is 22.3 Å². The molecular weight excluding hydrogens is 245 g/mol. The molecule has 3 aromatic rings. The Labute approximate surface area is 107 Å². The Balaban J connectivity index is 2.36. The van der Waals surface area contributed by atoms with Crippen molar-refractivity contribution in [3.63, 3.8) is 0 Å². The fourth-order valence-corrected chi connectivity index (χ4v) is 1.98. The number of nitrogen functional groups attached to an aromatic ring is 1. The van der Waals surface area contributed by atoms with E-state index in [1.807, 2.05) is 0 Å². The topological polar surface area (TPSA) is 60.9 Å². The van der Waals surface area contributed by atoms with Gasteiger partial charge >= 0.3 is 0 Å². The van der Waals surface area contributed by atoms with E-state index in [1.165, 1.54) is 12.1 Å². The van der Waals surface area contributed by atoms with Gasteiger partial charge in [0.05, 0.1) is 10.9 Å². The van der Waals surface area contributed by atoms with Gasteiger partial charge in [-0.05, 0) is 24.3 Å². The Bertz CT molecular complexity index is 826. The maximum absolute atomic E-state index is 13.2. The highest BCUT2D eigenvalue weighted by Crippen LogP contribution is 2.18. The fraction of sp³-hybridized carbons (Fsp3) is 0. The Morgan fingerprint density at radius 3 is 2.68 bits per heavy atom. The summed E-state index contributed by atoms with van der Waals surface area (Å²) in [5, 5.41) is 0.435. The fourth-order valence-electron chi connectivity index (χ4n) is 1.98. The van der Waals surface area contributed by atoms with Crippen LogP contribution in [0.15, 0.2) is 53.3 Å². The van der Waals surface area contributed by atoms with Gasteiger partial charge in [-0.1, -0.05) is 24.3 Å². The third-order valence-corrected chi connectivity index (χ3v) is 2.89. The van der Waals surface area contributed by atoms with E-state index in [-0.39, 0.29) is 11.4 Å². The molecule has 0 saturated carbocycles. The average molecular weight is 255 g/mol. The van der Waals surface area contributed by atoms with Gasteiger partial charge in [0, 0.05) is 5.56 Å². The van der Waals surface area contributed by atoms with Gasteiger partial charge in [-0.25, -0.2) is 14.1 Å². The number of aromatic nitrogens is 2. The second-order valence-corrected chi connectivity index (χ2v) is 4.14. The number of hydrogen-bond acceptors (Lipinski definition) is 3. The van der Waals surface area contributed by atoms with Gasteiger partial charge in [-0.2, -0.15) is 0 Å². The van der Waals surface area contributed by atoms with Crippen LogP contribution in [0.5, 0.6) is 0 Å². The molecule has 0 aliphatic heterocycles. The highest BCUT2D eigenvalue weighted by atomic mass is 19.1. The minimum Gasteiger partial charge on any atom is -0.334 e. The average Bonchev–Trinajstić information content (AvgIpc) is 2.43. The second kappa shape index (κ2) is 4.20. The summed E-state index contributed by atoms with van der Waals surface area (Å²) >= 11 is 0. The number of nitrogens with two attached hydrogens (primary N) is 1. The molecule has 0 atom stereocenters. The van der Waals surface area contributed by atoms with Crippen LogP contribution in [0, 0.1) is 5.82 Å². The Morgan fingerprint density at radius 1 is 1.11 bits per heavy atom. The summed E-state index contributed by atoms with van der Waals surface area (Å²) in [6.45, 7) is 0. The number of hydrogen-bond donors (Lipinski definition) is 1. The van der Waals surface area contributed by atoms with Crippen molar-refractivity contribution < 1.29 is 4.39 Å². The molecule has 0 aliphatic rings. The Hall–Kier alpha value is -2.69. The van der Waals surface area contributed by atoms with E-state index in [1.54, 1.807) is 36.4 Å². The van der Waals surface area contributed by atoms with Crippen LogP contribution < -0.4 is 11.4 Å². The zero-order valence-electron chi connectivity index (χ0n) is 9.88. The van der Waals surface area contributed by atoms with Crippen molar-refractivity contribution in [2.24, 2.45) is 0 Å².